The van der Waals surface area contributed by atoms with E-state index < -0.39 is 0 Å². The van der Waals surface area contributed by atoms with Crippen LogP contribution in [-0.2, 0) is 11.3 Å². The first-order valence-electron chi connectivity index (χ1n) is 9.28. The van der Waals surface area contributed by atoms with Crippen LogP contribution in [0.15, 0.2) is 24.3 Å². The van der Waals surface area contributed by atoms with Gasteiger partial charge in [0.25, 0.3) is 0 Å². The van der Waals surface area contributed by atoms with E-state index in [0.717, 1.165) is 57.8 Å². The first kappa shape index (κ1) is 17.9. The molecule has 0 aromatic heterocycles. The molecule has 2 heterocycles. The van der Waals surface area contributed by atoms with Crippen molar-refractivity contribution < 1.29 is 4.79 Å². The zero-order valence-electron chi connectivity index (χ0n) is 15.3. The summed E-state index contributed by atoms with van der Waals surface area (Å²) in [4.78, 5) is 18.7. The third-order valence-electron chi connectivity index (χ3n) is 5.56. The van der Waals surface area contributed by atoms with Crippen molar-refractivity contribution in [3.63, 3.8) is 0 Å². The quantitative estimate of drug-likeness (QED) is 0.844. The van der Waals surface area contributed by atoms with Gasteiger partial charge in [-0.05, 0) is 30.0 Å². The van der Waals surface area contributed by atoms with Crippen LogP contribution >= 0.6 is 0 Å². The van der Waals surface area contributed by atoms with Gasteiger partial charge in [-0.1, -0.05) is 19.1 Å². The van der Waals surface area contributed by atoms with E-state index in [-0.39, 0.29) is 5.91 Å². The third-order valence-corrected chi connectivity index (χ3v) is 5.56. The summed E-state index contributed by atoms with van der Waals surface area (Å²) in [5, 5.41) is 9.07. The Hall–Kier alpha value is -1.90. The number of nitriles is 1. The normalized spacial score (nSPS) is 25.6. The lowest BCUT2D eigenvalue weighted by atomic mass is 10.0. The molecule has 1 aromatic rings. The van der Waals surface area contributed by atoms with Gasteiger partial charge in [0, 0.05) is 58.8 Å². The molecule has 25 heavy (non-hydrogen) atoms. The molecule has 0 N–H and O–H groups in total. The Kier molecular flexibility index (Phi) is 5.72. The average Bonchev–Trinajstić information content (AvgIpc) is 2.82. The molecule has 2 aliphatic rings. The van der Waals surface area contributed by atoms with E-state index in [0.29, 0.717) is 12.0 Å². The molecule has 1 aromatic carbocycles. The fraction of sp³-hybridized carbons (Fsp3) is 0.600. The minimum absolute atomic E-state index is 0.195. The van der Waals surface area contributed by atoms with Crippen molar-refractivity contribution in [2.45, 2.75) is 32.9 Å². The SMILES string of the molecule is CC(=O)N1CCCN([C@@H]2CN(Cc3cccc(C#N)c3)C[C@@H]2C)CC1. The minimum atomic E-state index is 0.195. The Balaban J connectivity index is 1.59. The van der Waals surface area contributed by atoms with Crippen LogP contribution < -0.4 is 0 Å². The Labute approximate surface area is 150 Å². The van der Waals surface area contributed by atoms with Crippen LogP contribution in [0.25, 0.3) is 0 Å². The van der Waals surface area contributed by atoms with Gasteiger partial charge < -0.3 is 4.90 Å². The van der Waals surface area contributed by atoms with E-state index in [4.69, 9.17) is 5.26 Å². The van der Waals surface area contributed by atoms with Crippen molar-refractivity contribution in [2.24, 2.45) is 5.92 Å². The minimum Gasteiger partial charge on any atom is -0.342 e. The second kappa shape index (κ2) is 7.99. The largest absolute Gasteiger partial charge is 0.342 e. The van der Waals surface area contributed by atoms with Gasteiger partial charge >= 0.3 is 0 Å². The van der Waals surface area contributed by atoms with Crippen molar-refractivity contribution in [3.8, 4) is 6.07 Å². The number of hydrogen-bond donors (Lipinski definition) is 0. The fourth-order valence-corrected chi connectivity index (χ4v) is 4.23. The molecule has 0 unspecified atom stereocenters. The number of likely N-dealkylation sites (tertiary alicyclic amines) is 1. The summed E-state index contributed by atoms with van der Waals surface area (Å²) in [5.41, 5.74) is 1.95. The topological polar surface area (TPSA) is 50.6 Å². The van der Waals surface area contributed by atoms with Gasteiger partial charge in [0.15, 0.2) is 0 Å². The molecule has 0 aliphatic carbocycles. The standard InChI is InChI=1S/C20H28N4O/c1-16-13-22(14-19-6-3-5-18(11-19)12-21)15-20(16)24-8-4-7-23(9-10-24)17(2)25/h3,5-6,11,16,20H,4,7-10,13-15H2,1-2H3/t16-,20+/m0/s1. The Morgan fingerprint density at radius 3 is 2.84 bits per heavy atom. The van der Waals surface area contributed by atoms with Crippen molar-refractivity contribution in [1.29, 1.82) is 5.26 Å². The summed E-state index contributed by atoms with van der Waals surface area (Å²) >= 11 is 0. The third kappa shape index (κ3) is 4.39. The van der Waals surface area contributed by atoms with Crippen LogP contribution in [0.2, 0.25) is 0 Å². The summed E-state index contributed by atoms with van der Waals surface area (Å²) in [6.07, 6.45) is 1.06. The van der Waals surface area contributed by atoms with Gasteiger partial charge in [-0.3, -0.25) is 14.6 Å². The van der Waals surface area contributed by atoms with Gasteiger partial charge in [-0.15, -0.1) is 0 Å². The Bertz CT molecular complexity index is 653. The molecule has 2 atom stereocenters. The summed E-state index contributed by atoms with van der Waals surface area (Å²) in [5.74, 6) is 0.823. The second-order valence-corrected chi connectivity index (χ2v) is 7.45. The molecule has 2 fully saturated rings. The van der Waals surface area contributed by atoms with Crippen LogP contribution in [0.1, 0.15) is 31.4 Å². The first-order chi connectivity index (χ1) is 12.1. The number of benzene rings is 1. The predicted octanol–water partition coefficient (Wildman–Crippen LogP) is 1.93. The lowest BCUT2D eigenvalue weighted by molar-refractivity contribution is -0.128. The van der Waals surface area contributed by atoms with Crippen LogP contribution in [0.5, 0.6) is 0 Å². The smallest absolute Gasteiger partial charge is 0.219 e. The van der Waals surface area contributed by atoms with Crippen LogP contribution in [0, 0.1) is 17.2 Å². The zero-order valence-corrected chi connectivity index (χ0v) is 15.3. The monoisotopic (exact) mass is 340 g/mol. The molecular weight excluding hydrogens is 312 g/mol. The molecule has 0 saturated carbocycles. The van der Waals surface area contributed by atoms with Gasteiger partial charge in [0.05, 0.1) is 11.6 Å². The van der Waals surface area contributed by atoms with E-state index >= 15 is 0 Å². The lowest BCUT2D eigenvalue weighted by Gasteiger charge is -2.30. The predicted molar refractivity (Wildman–Crippen MR) is 97.8 cm³/mol. The van der Waals surface area contributed by atoms with Gasteiger partial charge in [0.1, 0.15) is 0 Å². The first-order valence-corrected chi connectivity index (χ1v) is 9.28. The van der Waals surface area contributed by atoms with Gasteiger partial charge in [0.2, 0.25) is 5.91 Å². The molecule has 0 bridgehead atoms. The average molecular weight is 340 g/mol. The van der Waals surface area contributed by atoms with Crippen molar-refractivity contribution in [2.75, 3.05) is 39.3 Å². The van der Waals surface area contributed by atoms with Crippen LogP contribution in [0.4, 0.5) is 0 Å². The molecule has 134 valence electrons. The summed E-state index contributed by atoms with van der Waals surface area (Å²) in [6, 6.07) is 10.7. The number of carbonyl (C=O) groups is 1. The Morgan fingerprint density at radius 1 is 1.24 bits per heavy atom. The van der Waals surface area contributed by atoms with Crippen LogP contribution in [0.3, 0.4) is 0 Å². The van der Waals surface area contributed by atoms with E-state index in [9.17, 15) is 4.79 Å². The molecule has 0 spiro atoms. The molecular formula is C20H28N4O. The van der Waals surface area contributed by atoms with E-state index in [1.807, 2.05) is 23.1 Å². The number of hydrogen-bond acceptors (Lipinski definition) is 4. The maximum absolute atomic E-state index is 11.6. The zero-order chi connectivity index (χ0) is 17.8. The van der Waals surface area contributed by atoms with Crippen molar-refractivity contribution in [3.05, 3.63) is 35.4 Å². The van der Waals surface area contributed by atoms with E-state index in [1.54, 1.807) is 6.92 Å². The molecule has 5 nitrogen and oxygen atoms in total. The fourth-order valence-electron chi connectivity index (χ4n) is 4.23. The summed E-state index contributed by atoms with van der Waals surface area (Å²) in [6.45, 7) is 10.9. The number of amides is 1. The van der Waals surface area contributed by atoms with Crippen LogP contribution in [-0.4, -0.2) is 65.9 Å². The van der Waals surface area contributed by atoms with Crippen molar-refractivity contribution in [1.82, 2.24) is 14.7 Å². The molecule has 0 radical (unpaired) electrons. The number of nitrogens with zero attached hydrogens (tertiary/aromatic N) is 4. The van der Waals surface area contributed by atoms with Gasteiger partial charge in [-0.2, -0.15) is 5.26 Å². The second-order valence-electron chi connectivity index (χ2n) is 7.45. The number of rotatable bonds is 3. The molecule has 2 aliphatic heterocycles. The highest BCUT2D eigenvalue weighted by molar-refractivity contribution is 5.73. The van der Waals surface area contributed by atoms with E-state index in [2.05, 4.69) is 28.9 Å². The highest BCUT2D eigenvalue weighted by Crippen LogP contribution is 2.24. The maximum Gasteiger partial charge on any atom is 0.219 e. The van der Waals surface area contributed by atoms with E-state index in [1.165, 1.54) is 5.56 Å². The highest BCUT2D eigenvalue weighted by atomic mass is 16.2. The lowest BCUT2D eigenvalue weighted by Crippen LogP contribution is -2.42. The molecule has 2 saturated heterocycles. The molecule has 1 amide bonds. The summed E-state index contributed by atoms with van der Waals surface area (Å²) < 4.78 is 0. The maximum atomic E-state index is 11.6. The molecule has 5 heteroatoms. The molecule has 3 rings (SSSR count). The summed E-state index contributed by atoms with van der Waals surface area (Å²) in [7, 11) is 0. The van der Waals surface area contributed by atoms with Crippen molar-refractivity contribution >= 4 is 5.91 Å². The number of carbonyl (C=O) groups excluding carboxylic acids is 1. The highest BCUT2D eigenvalue weighted by Gasteiger charge is 2.34. The van der Waals surface area contributed by atoms with Gasteiger partial charge in [-0.25, -0.2) is 0 Å². The Morgan fingerprint density at radius 2 is 2.08 bits per heavy atom.